The monoisotopic (exact) mass is 405 g/mol. The largest absolute Gasteiger partial charge is 0.507 e. The maximum absolute atomic E-state index is 14.4. The topological polar surface area (TPSA) is 78.6 Å². The lowest BCUT2D eigenvalue weighted by molar-refractivity contribution is -0.114. The first-order valence-corrected chi connectivity index (χ1v) is 9.91. The van der Waals surface area contributed by atoms with Crippen molar-refractivity contribution in [3.05, 3.63) is 66.5 Å². The van der Waals surface area contributed by atoms with Crippen molar-refractivity contribution in [2.75, 3.05) is 29.9 Å². The summed E-state index contributed by atoms with van der Waals surface area (Å²) in [4.78, 5) is 13.4. The minimum atomic E-state index is -0.554. The average molecular weight is 405 g/mol. The number of carbonyl (C=O) groups is 1. The number of nitrogens with one attached hydrogen (secondary N) is 1. The Morgan fingerprint density at radius 3 is 2.40 bits per heavy atom. The predicted molar refractivity (Wildman–Crippen MR) is 118 cm³/mol. The van der Waals surface area contributed by atoms with Crippen molar-refractivity contribution >= 4 is 17.3 Å². The molecule has 0 radical (unpaired) electrons. The number of para-hydroxylation sites is 1. The Balaban J connectivity index is 1.66. The van der Waals surface area contributed by atoms with Gasteiger partial charge in [-0.15, -0.1) is 0 Å². The molecule has 4 rings (SSSR count). The Labute approximate surface area is 175 Å². The van der Waals surface area contributed by atoms with Gasteiger partial charge < -0.3 is 21.1 Å². The molecule has 1 fully saturated rings. The van der Waals surface area contributed by atoms with Crippen molar-refractivity contribution in [1.82, 2.24) is 0 Å². The van der Waals surface area contributed by atoms with Gasteiger partial charge in [0, 0.05) is 42.7 Å². The zero-order chi connectivity index (χ0) is 21.3. The molecule has 0 atom stereocenters. The van der Waals surface area contributed by atoms with Gasteiger partial charge in [0.15, 0.2) is 0 Å². The molecule has 1 heterocycles. The van der Waals surface area contributed by atoms with Gasteiger partial charge in [-0.3, -0.25) is 4.79 Å². The highest BCUT2D eigenvalue weighted by Gasteiger charge is 2.25. The summed E-state index contributed by atoms with van der Waals surface area (Å²) < 4.78 is 14.4. The molecule has 0 spiro atoms. The van der Waals surface area contributed by atoms with Crippen LogP contribution in [0, 0.1) is 11.7 Å². The third-order valence-electron chi connectivity index (χ3n) is 5.44. The summed E-state index contributed by atoms with van der Waals surface area (Å²) in [6, 6.07) is 17.9. The van der Waals surface area contributed by atoms with Crippen molar-refractivity contribution in [2.45, 2.75) is 6.92 Å². The lowest BCUT2D eigenvalue weighted by atomic mass is 9.95. The molecule has 1 amide bonds. The van der Waals surface area contributed by atoms with Crippen molar-refractivity contribution < 1.29 is 14.3 Å². The normalized spacial score (nSPS) is 13.8. The molecule has 1 aliphatic heterocycles. The molecule has 0 aromatic heterocycles. The number of halogens is 1. The van der Waals surface area contributed by atoms with Crippen molar-refractivity contribution in [1.29, 1.82) is 0 Å². The number of nitrogens with zero attached hydrogens (tertiary/aromatic N) is 1. The molecule has 0 saturated carbocycles. The number of anilines is 2. The van der Waals surface area contributed by atoms with Gasteiger partial charge >= 0.3 is 0 Å². The van der Waals surface area contributed by atoms with Gasteiger partial charge in [0.1, 0.15) is 11.6 Å². The molecule has 6 heteroatoms. The van der Waals surface area contributed by atoms with E-state index in [9.17, 15) is 14.3 Å². The molecule has 30 heavy (non-hydrogen) atoms. The summed E-state index contributed by atoms with van der Waals surface area (Å²) in [5.74, 6) is -0.279. The molecule has 3 aromatic rings. The quantitative estimate of drug-likeness (QED) is 0.594. The van der Waals surface area contributed by atoms with Crippen LogP contribution in [0.15, 0.2) is 60.7 Å². The van der Waals surface area contributed by atoms with Crippen molar-refractivity contribution in [3.8, 4) is 28.0 Å². The first-order valence-electron chi connectivity index (χ1n) is 9.91. The Bertz CT molecular complexity index is 1090. The molecular formula is C24H24FN3O2. The van der Waals surface area contributed by atoms with Gasteiger partial charge in [-0.1, -0.05) is 36.4 Å². The summed E-state index contributed by atoms with van der Waals surface area (Å²) in [6.07, 6.45) is 0. The highest BCUT2D eigenvalue weighted by molar-refractivity contribution is 5.89. The van der Waals surface area contributed by atoms with Crippen LogP contribution in [-0.4, -0.2) is 30.6 Å². The lowest BCUT2D eigenvalue weighted by Crippen LogP contribution is -2.49. The number of hydrogen-bond donors (Lipinski definition) is 3. The van der Waals surface area contributed by atoms with Crippen LogP contribution in [0.1, 0.15) is 6.92 Å². The number of nitrogens with two attached hydrogens (primary N) is 1. The fourth-order valence-electron chi connectivity index (χ4n) is 3.78. The molecular weight excluding hydrogens is 381 g/mol. The predicted octanol–water partition coefficient (Wildman–Crippen LogP) is 4.22. The molecule has 4 N–H and O–H groups in total. The summed E-state index contributed by atoms with van der Waals surface area (Å²) in [7, 11) is 0. The molecule has 154 valence electrons. The van der Waals surface area contributed by atoms with E-state index in [0.29, 0.717) is 29.2 Å². The van der Waals surface area contributed by atoms with Crippen LogP contribution in [0.3, 0.4) is 0 Å². The molecule has 0 unspecified atom stereocenters. The first kappa shape index (κ1) is 19.9. The minimum Gasteiger partial charge on any atom is -0.507 e. The van der Waals surface area contributed by atoms with Gasteiger partial charge in [0.05, 0.1) is 5.69 Å². The number of carbonyl (C=O) groups excluding carboxylic acids is 1. The Kier molecular flexibility index (Phi) is 5.42. The van der Waals surface area contributed by atoms with Crippen LogP contribution in [0.5, 0.6) is 5.75 Å². The van der Waals surface area contributed by atoms with Gasteiger partial charge in [-0.25, -0.2) is 4.39 Å². The van der Waals surface area contributed by atoms with Gasteiger partial charge in [0.2, 0.25) is 5.91 Å². The number of aromatic hydroxyl groups is 1. The van der Waals surface area contributed by atoms with Crippen molar-refractivity contribution in [2.24, 2.45) is 11.7 Å². The van der Waals surface area contributed by atoms with Crippen LogP contribution < -0.4 is 16.0 Å². The number of hydrogen-bond acceptors (Lipinski definition) is 4. The fourth-order valence-corrected chi connectivity index (χ4v) is 3.78. The number of phenolic OH excluding ortho intramolecular Hbond substituents is 1. The van der Waals surface area contributed by atoms with Crippen LogP contribution in [0.25, 0.3) is 22.3 Å². The van der Waals surface area contributed by atoms with Crippen LogP contribution >= 0.6 is 0 Å². The SMILES string of the molecule is CC(=O)Nc1ccc(-c2cccc(-c3cccc(N4CC(CN)C4)c3)c2O)cc1F. The van der Waals surface area contributed by atoms with E-state index in [2.05, 4.69) is 10.2 Å². The summed E-state index contributed by atoms with van der Waals surface area (Å²) in [5, 5.41) is 13.4. The van der Waals surface area contributed by atoms with E-state index < -0.39 is 5.82 Å². The van der Waals surface area contributed by atoms with Gasteiger partial charge in [0.25, 0.3) is 0 Å². The second-order valence-electron chi connectivity index (χ2n) is 7.63. The number of phenols is 1. The van der Waals surface area contributed by atoms with Crippen molar-refractivity contribution in [3.63, 3.8) is 0 Å². The second kappa shape index (κ2) is 8.16. The lowest BCUT2D eigenvalue weighted by Gasteiger charge is -2.40. The Hall–Kier alpha value is -3.38. The molecule has 5 nitrogen and oxygen atoms in total. The van der Waals surface area contributed by atoms with Crippen LogP contribution in [-0.2, 0) is 4.79 Å². The fraction of sp³-hybridized carbons (Fsp3) is 0.208. The van der Waals surface area contributed by atoms with E-state index in [1.54, 1.807) is 12.1 Å². The maximum atomic E-state index is 14.4. The third kappa shape index (κ3) is 3.86. The molecule has 1 saturated heterocycles. The maximum Gasteiger partial charge on any atom is 0.221 e. The second-order valence-corrected chi connectivity index (χ2v) is 7.63. The Morgan fingerprint density at radius 1 is 1.10 bits per heavy atom. The van der Waals surface area contributed by atoms with Gasteiger partial charge in [-0.05, 0) is 41.9 Å². The smallest absolute Gasteiger partial charge is 0.221 e. The van der Waals surface area contributed by atoms with E-state index >= 15 is 0 Å². The van der Waals surface area contributed by atoms with E-state index in [-0.39, 0.29) is 17.3 Å². The summed E-state index contributed by atoms with van der Waals surface area (Å²) >= 11 is 0. The van der Waals surface area contributed by atoms with Gasteiger partial charge in [-0.2, -0.15) is 0 Å². The van der Waals surface area contributed by atoms with E-state index in [1.165, 1.54) is 19.1 Å². The average Bonchev–Trinajstić information content (AvgIpc) is 2.69. The molecule has 3 aromatic carbocycles. The molecule has 0 aliphatic carbocycles. The minimum absolute atomic E-state index is 0.0878. The Morgan fingerprint density at radius 2 is 1.77 bits per heavy atom. The number of rotatable bonds is 5. The molecule has 0 bridgehead atoms. The summed E-state index contributed by atoms with van der Waals surface area (Å²) in [5.41, 5.74) is 9.55. The highest BCUT2D eigenvalue weighted by Crippen LogP contribution is 2.40. The zero-order valence-corrected chi connectivity index (χ0v) is 16.7. The summed E-state index contributed by atoms with van der Waals surface area (Å²) in [6.45, 7) is 3.89. The number of amides is 1. The molecule has 1 aliphatic rings. The van der Waals surface area contributed by atoms with E-state index in [1.807, 2.05) is 36.4 Å². The number of benzene rings is 3. The van der Waals surface area contributed by atoms with E-state index in [0.717, 1.165) is 24.3 Å². The standard InChI is InChI=1S/C24H24FN3O2/c1-15(29)27-23-9-8-18(11-22(23)25)21-7-3-6-20(24(21)30)17-4-2-5-19(10-17)28-13-16(12-26)14-28/h2-11,16,30H,12-14,26H2,1H3,(H,27,29). The first-order chi connectivity index (χ1) is 14.5. The third-order valence-corrected chi connectivity index (χ3v) is 5.44. The van der Waals surface area contributed by atoms with Crippen LogP contribution in [0.4, 0.5) is 15.8 Å². The highest BCUT2D eigenvalue weighted by atomic mass is 19.1. The zero-order valence-electron chi connectivity index (χ0n) is 16.7. The van der Waals surface area contributed by atoms with E-state index in [4.69, 9.17) is 5.73 Å². The van der Waals surface area contributed by atoms with Crippen LogP contribution in [0.2, 0.25) is 0 Å².